The molecule has 1 amide bonds. The number of ether oxygens (including phenoxy) is 1. The standard InChI is InChI=1S/C23H20N2O5/c1-13-7-9-15(10-8-13)21(26)19-20(16-5-4-6-17(12-16)29-3)25(23(28)22(19)27)18-11-14(2)30-24-18/h4-12,20,26H,1-3H3. The Morgan fingerprint density at radius 2 is 1.83 bits per heavy atom. The maximum absolute atomic E-state index is 13.0. The smallest absolute Gasteiger partial charge is 0.301 e. The second-order valence-electron chi connectivity index (χ2n) is 7.11. The van der Waals surface area contributed by atoms with Gasteiger partial charge in [-0.15, -0.1) is 0 Å². The van der Waals surface area contributed by atoms with Crippen LogP contribution in [0.4, 0.5) is 5.82 Å². The summed E-state index contributed by atoms with van der Waals surface area (Å²) in [5.74, 6) is -0.569. The number of methoxy groups -OCH3 is 1. The van der Waals surface area contributed by atoms with Crippen molar-refractivity contribution in [2.75, 3.05) is 12.0 Å². The van der Waals surface area contributed by atoms with Crippen LogP contribution in [-0.2, 0) is 9.59 Å². The van der Waals surface area contributed by atoms with Gasteiger partial charge in [0.15, 0.2) is 5.82 Å². The van der Waals surface area contributed by atoms with Crippen LogP contribution >= 0.6 is 0 Å². The average Bonchev–Trinajstić information content (AvgIpc) is 3.29. The van der Waals surface area contributed by atoms with Gasteiger partial charge in [-0.05, 0) is 31.5 Å². The van der Waals surface area contributed by atoms with E-state index in [1.54, 1.807) is 49.4 Å². The highest BCUT2D eigenvalue weighted by molar-refractivity contribution is 6.51. The van der Waals surface area contributed by atoms with E-state index in [-0.39, 0.29) is 17.2 Å². The van der Waals surface area contributed by atoms with Crippen LogP contribution in [0, 0.1) is 13.8 Å². The molecular weight excluding hydrogens is 384 g/mol. The Kier molecular flexibility index (Phi) is 4.87. The molecule has 1 saturated heterocycles. The zero-order valence-corrected chi connectivity index (χ0v) is 16.7. The number of carbonyl (C=O) groups excluding carboxylic acids is 2. The molecule has 2 heterocycles. The predicted molar refractivity (Wildman–Crippen MR) is 110 cm³/mol. The molecule has 1 unspecified atom stereocenters. The molecule has 7 heteroatoms. The minimum absolute atomic E-state index is 0.0160. The minimum atomic E-state index is -0.883. The molecule has 0 radical (unpaired) electrons. The summed E-state index contributed by atoms with van der Waals surface area (Å²) >= 11 is 0. The highest BCUT2D eigenvalue weighted by Crippen LogP contribution is 2.42. The maximum Gasteiger partial charge on any atom is 0.301 e. The van der Waals surface area contributed by atoms with Crippen LogP contribution in [0.5, 0.6) is 5.75 Å². The Bertz CT molecular complexity index is 1160. The average molecular weight is 404 g/mol. The summed E-state index contributed by atoms with van der Waals surface area (Å²) < 4.78 is 10.4. The molecule has 30 heavy (non-hydrogen) atoms. The van der Waals surface area contributed by atoms with E-state index in [1.165, 1.54) is 12.0 Å². The quantitative estimate of drug-likeness (QED) is 0.402. The Morgan fingerprint density at radius 1 is 1.10 bits per heavy atom. The first-order valence-corrected chi connectivity index (χ1v) is 9.36. The lowest BCUT2D eigenvalue weighted by molar-refractivity contribution is -0.132. The first-order valence-electron chi connectivity index (χ1n) is 9.36. The van der Waals surface area contributed by atoms with Gasteiger partial charge < -0.3 is 14.4 Å². The van der Waals surface area contributed by atoms with E-state index in [4.69, 9.17) is 9.26 Å². The van der Waals surface area contributed by atoms with Crippen molar-refractivity contribution in [1.29, 1.82) is 0 Å². The van der Waals surface area contributed by atoms with Crippen molar-refractivity contribution in [1.82, 2.24) is 5.16 Å². The van der Waals surface area contributed by atoms with E-state index in [9.17, 15) is 14.7 Å². The number of aromatic nitrogens is 1. The van der Waals surface area contributed by atoms with Gasteiger partial charge in [-0.2, -0.15) is 0 Å². The van der Waals surface area contributed by atoms with Gasteiger partial charge in [0.2, 0.25) is 0 Å². The molecule has 0 saturated carbocycles. The Balaban J connectivity index is 1.95. The Morgan fingerprint density at radius 3 is 2.47 bits per heavy atom. The van der Waals surface area contributed by atoms with E-state index in [1.807, 2.05) is 19.1 Å². The van der Waals surface area contributed by atoms with Crippen molar-refractivity contribution in [3.8, 4) is 5.75 Å². The summed E-state index contributed by atoms with van der Waals surface area (Å²) in [5, 5.41) is 15.0. The largest absolute Gasteiger partial charge is 0.507 e. The number of aliphatic hydroxyl groups excluding tert-OH is 1. The van der Waals surface area contributed by atoms with Crippen LogP contribution in [0.25, 0.3) is 5.76 Å². The predicted octanol–water partition coefficient (Wildman–Crippen LogP) is 3.93. The molecule has 3 aromatic rings. The lowest BCUT2D eigenvalue weighted by atomic mass is 9.95. The van der Waals surface area contributed by atoms with E-state index in [0.717, 1.165) is 5.56 Å². The van der Waals surface area contributed by atoms with E-state index in [0.29, 0.717) is 22.6 Å². The number of ketones is 1. The number of hydrogen-bond donors (Lipinski definition) is 1. The molecule has 0 spiro atoms. The first-order chi connectivity index (χ1) is 14.4. The monoisotopic (exact) mass is 404 g/mol. The summed E-state index contributed by atoms with van der Waals surface area (Å²) in [5.41, 5.74) is 2.04. The van der Waals surface area contributed by atoms with Gasteiger partial charge in [-0.3, -0.25) is 14.5 Å². The second-order valence-corrected chi connectivity index (χ2v) is 7.11. The third-order valence-corrected chi connectivity index (χ3v) is 5.04. The van der Waals surface area contributed by atoms with Gasteiger partial charge in [0.25, 0.3) is 5.78 Å². The summed E-state index contributed by atoms with van der Waals surface area (Å²) in [6.07, 6.45) is 0. The fraction of sp³-hybridized carbons (Fsp3) is 0.174. The molecule has 152 valence electrons. The lowest BCUT2D eigenvalue weighted by Gasteiger charge is -2.23. The van der Waals surface area contributed by atoms with Crippen molar-refractivity contribution >= 4 is 23.3 Å². The third kappa shape index (κ3) is 3.24. The molecule has 1 fully saturated rings. The molecule has 4 rings (SSSR count). The number of nitrogens with zero attached hydrogens (tertiary/aromatic N) is 2. The molecule has 7 nitrogen and oxygen atoms in total. The zero-order chi connectivity index (χ0) is 21.4. The number of anilines is 1. The van der Waals surface area contributed by atoms with Crippen molar-refractivity contribution in [3.05, 3.63) is 82.6 Å². The second kappa shape index (κ2) is 7.51. The molecule has 1 aromatic heterocycles. The lowest BCUT2D eigenvalue weighted by Crippen LogP contribution is -2.29. The van der Waals surface area contributed by atoms with Gasteiger partial charge in [0.05, 0.1) is 18.7 Å². The maximum atomic E-state index is 13.0. The topological polar surface area (TPSA) is 92.9 Å². The number of aliphatic hydroxyl groups is 1. The molecule has 1 atom stereocenters. The van der Waals surface area contributed by atoms with Crippen molar-refractivity contribution in [2.45, 2.75) is 19.9 Å². The first kappa shape index (κ1) is 19.4. The van der Waals surface area contributed by atoms with Gasteiger partial charge in [0.1, 0.15) is 17.3 Å². The zero-order valence-electron chi connectivity index (χ0n) is 16.7. The molecule has 0 bridgehead atoms. The van der Waals surface area contributed by atoms with Crippen molar-refractivity contribution in [3.63, 3.8) is 0 Å². The third-order valence-electron chi connectivity index (χ3n) is 5.04. The van der Waals surface area contributed by atoms with Crippen LogP contribution < -0.4 is 9.64 Å². The fourth-order valence-corrected chi connectivity index (χ4v) is 3.53. The fourth-order valence-electron chi connectivity index (χ4n) is 3.53. The van der Waals surface area contributed by atoms with Crippen molar-refractivity contribution in [2.24, 2.45) is 0 Å². The van der Waals surface area contributed by atoms with Crippen molar-refractivity contribution < 1.29 is 24.0 Å². The van der Waals surface area contributed by atoms with Crippen LogP contribution in [0.3, 0.4) is 0 Å². The number of aryl methyl sites for hydroxylation is 2. The molecular formula is C23H20N2O5. The van der Waals surface area contributed by atoms with Crippen LogP contribution in [0.2, 0.25) is 0 Å². The van der Waals surface area contributed by atoms with E-state index >= 15 is 0 Å². The SMILES string of the molecule is COc1cccc(C2C(=C(O)c3ccc(C)cc3)C(=O)C(=O)N2c2cc(C)on2)c1. The number of rotatable bonds is 4. The molecule has 2 aromatic carbocycles. The number of carbonyl (C=O) groups is 2. The van der Waals surface area contributed by atoms with Gasteiger partial charge in [-0.1, -0.05) is 47.1 Å². The minimum Gasteiger partial charge on any atom is -0.507 e. The van der Waals surface area contributed by atoms with E-state index in [2.05, 4.69) is 5.16 Å². The molecule has 1 N–H and O–H groups in total. The van der Waals surface area contributed by atoms with Gasteiger partial charge in [0, 0.05) is 11.6 Å². The summed E-state index contributed by atoms with van der Waals surface area (Å²) in [4.78, 5) is 27.2. The summed E-state index contributed by atoms with van der Waals surface area (Å²) in [7, 11) is 1.53. The number of Topliss-reactive ketones (excluding diaryl/α,β-unsaturated/α-hetero) is 1. The van der Waals surface area contributed by atoms with Gasteiger partial charge in [-0.25, -0.2) is 0 Å². The molecule has 1 aliphatic heterocycles. The highest BCUT2D eigenvalue weighted by Gasteiger charge is 2.48. The number of hydrogen-bond acceptors (Lipinski definition) is 6. The highest BCUT2D eigenvalue weighted by atomic mass is 16.5. The van der Waals surface area contributed by atoms with Crippen LogP contribution in [-0.4, -0.2) is 29.1 Å². The van der Waals surface area contributed by atoms with Gasteiger partial charge >= 0.3 is 5.91 Å². The van der Waals surface area contributed by atoms with Crippen LogP contribution in [0.15, 0.2) is 64.7 Å². The van der Waals surface area contributed by atoms with Crippen LogP contribution in [0.1, 0.15) is 28.5 Å². The Hall–Kier alpha value is -3.87. The Labute approximate surface area is 173 Å². The summed E-state index contributed by atoms with van der Waals surface area (Å²) in [6, 6.07) is 14.8. The normalized spacial score (nSPS) is 18.1. The number of amides is 1. The molecule has 1 aliphatic rings. The van der Waals surface area contributed by atoms with E-state index < -0.39 is 17.7 Å². The molecule has 0 aliphatic carbocycles. The number of benzene rings is 2. The summed E-state index contributed by atoms with van der Waals surface area (Å²) in [6.45, 7) is 3.62.